The van der Waals surface area contributed by atoms with Crippen LogP contribution in [0.2, 0.25) is 0 Å². The molecule has 4 heterocycles. The highest BCUT2D eigenvalue weighted by Gasteiger charge is 2.28. The van der Waals surface area contributed by atoms with Gasteiger partial charge in [0.05, 0.1) is 10.6 Å². The van der Waals surface area contributed by atoms with E-state index in [9.17, 15) is 4.79 Å². The van der Waals surface area contributed by atoms with E-state index in [2.05, 4.69) is 15.1 Å². The average molecular weight is 327 g/mol. The third kappa shape index (κ3) is 2.50. The molecule has 0 N–H and O–H groups in total. The molecule has 0 radical (unpaired) electrons. The van der Waals surface area contributed by atoms with Gasteiger partial charge >= 0.3 is 0 Å². The summed E-state index contributed by atoms with van der Waals surface area (Å²) in [7, 11) is 1.90. The van der Waals surface area contributed by atoms with E-state index < -0.39 is 0 Å². The molecule has 4 rings (SSSR count). The van der Waals surface area contributed by atoms with Gasteiger partial charge in [0, 0.05) is 38.4 Å². The first-order chi connectivity index (χ1) is 11.2. The average Bonchev–Trinajstić information content (AvgIpc) is 3.23. The van der Waals surface area contributed by atoms with Gasteiger partial charge in [-0.3, -0.25) is 4.79 Å². The van der Waals surface area contributed by atoms with Crippen LogP contribution in [0.4, 0.5) is 0 Å². The molecule has 7 heteroatoms. The molecule has 1 saturated heterocycles. The molecular formula is C16H17N5OS. The number of carbonyl (C=O) groups is 1. The third-order valence-corrected chi connectivity index (χ3v) is 5.24. The number of carbonyl (C=O) groups excluding carboxylic acids is 1. The van der Waals surface area contributed by atoms with Crippen molar-refractivity contribution in [3.8, 4) is 0 Å². The van der Waals surface area contributed by atoms with Crippen molar-refractivity contribution in [1.82, 2.24) is 24.6 Å². The van der Waals surface area contributed by atoms with Gasteiger partial charge in [0.1, 0.15) is 5.52 Å². The first kappa shape index (κ1) is 14.3. The molecule has 0 spiro atoms. The zero-order valence-electron chi connectivity index (χ0n) is 12.8. The van der Waals surface area contributed by atoms with Gasteiger partial charge in [-0.15, -0.1) is 11.3 Å². The number of hydrogen-bond acceptors (Lipinski definition) is 5. The summed E-state index contributed by atoms with van der Waals surface area (Å²) in [6.07, 6.45) is 5.23. The van der Waals surface area contributed by atoms with Gasteiger partial charge in [-0.25, -0.2) is 14.6 Å². The van der Waals surface area contributed by atoms with Crippen LogP contribution in [0.1, 0.15) is 34.1 Å². The molecular weight excluding hydrogens is 310 g/mol. The minimum atomic E-state index is 0.143. The molecule has 23 heavy (non-hydrogen) atoms. The topological polar surface area (TPSA) is 63.9 Å². The Balaban J connectivity index is 1.52. The van der Waals surface area contributed by atoms with E-state index in [1.807, 2.05) is 29.5 Å². The van der Waals surface area contributed by atoms with E-state index in [-0.39, 0.29) is 5.91 Å². The molecule has 3 aromatic rings. The van der Waals surface area contributed by atoms with E-state index in [1.165, 1.54) is 11.3 Å². The van der Waals surface area contributed by atoms with Crippen LogP contribution in [-0.4, -0.2) is 43.6 Å². The molecule has 1 fully saturated rings. The van der Waals surface area contributed by atoms with Crippen molar-refractivity contribution in [3.05, 3.63) is 40.5 Å². The van der Waals surface area contributed by atoms with E-state index in [0.29, 0.717) is 5.92 Å². The molecule has 0 aromatic carbocycles. The number of likely N-dealkylation sites (tertiary alicyclic amines) is 1. The minimum absolute atomic E-state index is 0.143. The maximum absolute atomic E-state index is 12.4. The Kier molecular flexibility index (Phi) is 3.57. The predicted molar refractivity (Wildman–Crippen MR) is 88.5 cm³/mol. The molecule has 0 atom stereocenters. The first-order valence-corrected chi connectivity index (χ1v) is 8.58. The molecule has 3 aromatic heterocycles. The fraction of sp³-hybridized carbons (Fsp3) is 0.375. The number of hydrogen-bond donors (Lipinski definition) is 0. The molecule has 1 aliphatic heterocycles. The normalized spacial score (nSPS) is 16.1. The largest absolute Gasteiger partial charge is 0.338 e. The second-order valence-electron chi connectivity index (χ2n) is 5.78. The van der Waals surface area contributed by atoms with E-state index in [1.54, 1.807) is 17.1 Å². The molecule has 0 bridgehead atoms. The van der Waals surface area contributed by atoms with Crippen molar-refractivity contribution >= 4 is 28.4 Å². The molecule has 0 saturated carbocycles. The minimum Gasteiger partial charge on any atom is -0.338 e. The molecule has 118 valence electrons. The third-order valence-electron chi connectivity index (χ3n) is 4.39. The lowest BCUT2D eigenvalue weighted by Crippen LogP contribution is -2.37. The summed E-state index contributed by atoms with van der Waals surface area (Å²) in [6.45, 7) is 1.53. The Morgan fingerprint density at radius 1 is 1.26 bits per heavy atom. The zero-order chi connectivity index (χ0) is 15.8. The van der Waals surface area contributed by atoms with E-state index in [0.717, 1.165) is 47.7 Å². The van der Waals surface area contributed by atoms with Gasteiger partial charge in [0.2, 0.25) is 0 Å². The standard InChI is InChI=1S/C16H17N5OS/c1-20-15-14(17-6-7-18-15)13(19-20)11-4-8-21(9-5-11)16(22)12-3-2-10-23-12/h2-3,6-7,10-11H,4-5,8-9H2,1H3. The maximum Gasteiger partial charge on any atom is 0.263 e. The summed E-state index contributed by atoms with van der Waals surface area (Å²) in [6, 6.07) is 3.81. The van der Waals surface area contributed by atoms with E-state index >= 15 is 0 Å². The fourth-order valence-corrected chi connectivity index (χ4v) is 3.88. The summed E-state index contributed by atoms with van der Waals surface area (Å²) in [5.74, 6) is 0.479. The lowest BCUT2D eigenvalue weighted by atomic mass is 9.93. The van der Waals surface area contributed by atoms with Crippen LogP contribution in [0.5, 0.6) is 0 Å². The summed E-state index contributed by atoms with van der Waals surface area (Å²) < 4.78 is 1.79. The summed E-state index contributed by atoms with van der Waals surface area (Å²) in [4.78, 5) is 24.0. The van der Waals surface area contributed by atoms with Crippen molar-refractivity contribution in [3.63, 3.8) is 0 Å². The molecule has 0 unspecified atom stereocenters. The lowest BCUT2D eigenvalue weighted by Gasteiger charge is -2.31. The Bertz CT molecular complexity index is 833. The molecule has 1 amide bonds. The van der Waals surface area contributed by atoms with Crippen LogP contribution >= 0.6 is 11.3 Å². The molecule has 6 nitrogen and oxygen atoms in total. The number of nitrogens with zero attached hydrogens (tertiary/aromatic N) is 5. The number of rotatable bonds is 2. The number of amides is 1. The highest BCUT2D eigenvalue weighted by atomic mass is 32.1. The van der Waals surface area contributed by atoms with Gasteiger partial charge in [0.15, 0.2) is 5.65 Å². The Morgan fingerprint density at radius 3 is 2.78 bits per heavy atom. The van der Waals surface area contributed by atoms with Gasteiger partial charge in [-0.05, 0) is 24.3 Å². The van der Waals surface area contributed by atoms with Crippen LogP contribution in [0, 0.1) is 0 Å². The summed E-state index contributed by atoms with van der Waals surface area (Å²) in [5, 5.41) is 6.57. The highest BCUT2D eigenvalue weighted by molar-refractivity contribution is 7.12. The number of thiophene rings is 1. The second-order valence-corrected chi connectivity index (χ2v) is 6.73. The van der Waals surface area contributed by atoms with Crippen molar-refractivity contribution in [2.24, 2.45) is 7.05 Å². The first-order valence-electron chi connectivity index (χ1n) is 7.70. The number of aryl methyl sites for hydroxylation is 1. The predicted octanol–water partition coefficient (Wildman–Crippen LogP) is 2.44. The monoisotopic (exact) mass is 327 g/mol. The van der Waals surface area contributed by atoms with Crippen LogP contribution in [0.3, 0.4) is 0 Å². The number of aromatic nitrogens is 4. The number of fused-ring (bicyclic) bond motifs is 1. The second kappa shape index (κ2) is 5.73. The van der Waals surface area contributed by atoms with Crippen LogP contribution < -0.4 is 0 Å². The summed E-state index contributed by atoms with van der Waals surface area (Å²) in [5.41, 5.74) is 2.72. The van der Waals surface area contributed by atoms with E-state index in [4.69, 9.17) is 0 Å². The zero-order valence-corrected chi connectivity index (χ0v) is 13.7. The lowest BCUT2D eigenvalue weighted by molar-refractivity contribution is 0.0717. The fourth-order valence-electron chi connectivity index (χ4n) is 3.19. The summed E-state index contributed by atoms with van der Waals surface area (Å²) >= 11 is 1.50. The Hall–Kier alpha value is -2.28. The van der Waals surface area contributed by atoms with Crippen molar-refractivity contribution < 1.29 is 4.79 Å². The van der Waals surface area contributed by atoms with Crippen LogP contribution in [0.15, 0.2) is 29.9 Å². The Labute approximate surface area is 137 Å². The van der Waals surface area contributed by atoms with Gasteiger partial charge in [-0.2, -0.15) is 5.10 Å². The van der Waals surface area contributed by atoms with Crippen molar-refractivity contribution in [2.75, 3.05) is 13.1 Å². The van der Waals surface area contributed by atoms with Gasteiger partial charge in [0.25, 0.3) is 5.91 Å². The highest BCUT2D eigenvalue weighted by Crippen LogP contribution is 2.31. The smallest absolute Gasteiger partial charge is 0.263 e. The Morgan fingerprint density at radius 2 is 2.04 bits per heavy atom. The SMILES string of the molecule is Cn1nc(C2CCN(C(=O)c3cccs3)CC2)c2nccnc21. The number of piperidine rings is 1. The van der Waals surface area contributed by atoms with Crippen molar-refractivity contribution in [2.45, 2.75) is 18.8 Å². The van der Waals surface area contributed by atoms with Crippen LogP contribution in [0.25, 0.3) is 11.2 Å². The molecule has 1 aliphatic rings. The van der Waals surface area contributed by atoms with Gasteiger partial charge < -0.3 is 4.90 Å². The van der Waals surface area contributed by atoms with Crippen molar-refractivity contribution in [1.29, 1.82) is 0 Å². The molecule has 0 aliphatic carbocycles. The quantitative estimate of drug-likeness (QED) is 0.725. The van der Waals surface area contributed by atoms with Crippen LogP contribution in [-0.2, 0) is 7.05 Å². The maximum atomic E-state index is 12.4. The van der Waals surface area contributed by atoms with Gasteiger partial charge in [-0.1, -0.05) is 6.07 Å².